The molecule has 1 aliphatic rings. The van der Waals surface area contributed by atoms with Crippen molar-refractivity contribution < 1.29 is 8.83 Å². The molecule has 270 valence electrons. The van der Waals surface area contributed by atoms with Crippen LogP contribution in [0.1, 0.15) is 29.0 Å². The van der Waals surface area contributed by atoms with E-state index in [0.29, 0.717) is 0 Å². The van der Waals surface area contributed by atoms with Crippen molar-refractivity contribution in [1.29, 1.82) is 0 Å². The summed E-state index contributed by atoms with van der Waals surface area (Å²) in [7, 11) is 0. The monoisotopic (exact) mass is 734 g/mol. The number of hydrogen-bond acceptors (Lipinski definition) is 5. The van der Waals surface area contributed by atoms with Gasteiger partial charge in [-0.3, -0.25) is 5.32 Å². The Morgan fingerprint density at radius 3 is 1.75 bits per heavy atom. The van der Waals surface area contributed by atoms with E-state index in [9.17, 15) is 0 Å². The smallest absolute Gasteiger partial charge is 0.159 e. The van der Waals surface area contributed by atoms with Crippen molar-refractivity contribution in [3.8, 4) is 16.8 Å². The average molecular weight is 735 g/mol. The number of aliphatic imine (C=N–C) groups is 1. The summed E-state index contributed by atoms with van der Waals surface area (Å²) in [6, 6.07) is 63.7. The predicted octanol–water partition coefficient (Wildman–Crippen LogP) is 12.6. The summed E-state index contributed by atoms with van der Waals surface area (Å²) >= 11 is 0. The van der Waals surface area contributed by atoms with Gasteiger partial charge in [0, 0.05) is 37.9 Å². The Labute approximate surface area is 327 Å². The third-order valence-electron chi connectivity index (χ3n) is 11.5. The van der Waals surface area contributed by atoms with E-state index in [1.807, 2.05) is 12.1 Å². The van der Waals surface area contributed by atoms with Crippen LogP contribution in [0.5, 0.6) is 0 Å². The molecule has 0 amide bonds. The molecule has 11 aromatic rings. The molecule has 0 saturated carbocycles. The van der Waals surface area contributed by atoms with Gasteiger partial charge < -0.3 is 18.7 Å². The predicted molar refractivity (Wildman–Crippen MR) is 232 cm³/mol. The minimum Gasteiger partial charge on any atom is -0.455 e. The van der Waals surface area contributed by atoms with Crippen molar-refractivity contribution in [3.05, 3.63) is 199 Å². The highest BCUT2D eigenvalue weighted by Crippen LogP contribution is 2.42. The van der Waals surface area contributed by atoms with Crippen molar-refractivity contribution in [1.82, 2.24) is 15.2 Å². The second kappa shape index (κ2) is 12.6. The largest absolute Gasteiger partial charge is 0.455 e. The van der Waals surface area contributed by atoms with Gasteiger partial charge in [-0.1, -0.05) is 146 Å². The number of nitrogens with zero attached hydrogens (tertiary/aromatic N) is 2. The van der Waals surface area contributed by atoms with Crippen molar-refractivity contribution >= 4 is 71.5 Å². The Morgan fingerprint density at radius 2 is 1.04 bits per heavy atom. The lowest BCUT2D eigenvalue weighted by Gasteiger charge is -2.32. The number of hydrogen-bond donors (Lipinski definition) is 2. The molecule has 4 heterocycles. The Hall–Kier alpha value is -7.41. The third kappa shape index (κ3) is 4.98. The lowest BCUT2D eigenvalue weighted by molar-refractivity contribution is 0.409. The number of amidine groups is 1. The summed E-state index contributed by atoms with van der Waals surface area (Å²) in [5.41, 5.74) is 11.8. The van der Waals surface area contributed by atoms with Crippen LogP contribution in [0, 0.1) is 0 Å². The van der Waals surface area contributed by atoms with Crippen LogP contribution in [0.2, 0.25) is 0 Å². The number of aromatic nitrogens is 1. The molecule has 0 bridgehead atoms. The standard InChI is InChI=1S/C51H34N4O2/c1-3-14-31(15-4-1)49-52-50(32-16-5-2-6-17-32)54-51(53-49)41-24-12-22-40-39-21-11-20-34(46(39)57-47(40)41)33-28-29-37-38-23-13-27-44(48(38)56-45(37)30-33)55-42-25-9-7-18-35(42)36-19-8-10-26-43(36)55/h1-30,49-50,52H,(H,53,54). The Balaban J connectivity index is 0.995. The van der Waals surface area contributed by atoms with Gasteiger partial charge in [0.1, 0.15) is 34.9 Å². The zero-order valence-electron chi connectivity index (χ0n) is 30.7. The summed E-state index contributed by atoms with van der Waals surface area (Å²) < 4.78 is 16.1. The van der Waals surface area contributed by atoms with Gasteiger partial charge in [0.05, 0.1) is 22.3 Å². The first-order valence-corrected chi connectivity index (χ1v) is 19.4. The highest BCUT2D eigenvalue weighted by molar-refractivity contribution is 6.17. The van der Waals surface area contributed by atoms with Crippen LogP contribution >= 0.6 is 0 Å². The van der Waals surface area contributed by atoms with Gasteiger partial charge >= 0.3 is 0 Å². The second-order valence-electron chi connectivity index (χ2n) is 14.7. The quantitative estimate of drug-likeness (QED) is 0.185. The van der Waals surface area contributed by atoms with Crippen molar-refractivity contribution in [2.45, 2.75) is 12.3 Å². The Kier molecular flexibility index (Phi) is 7.03. The van der Waals surface area contributed by atoms with E-state index < -0.39 is 0 Å². The van der Waals surface area contributed by atoms with Crippen LogP contribution in [0.25, 0.3) is 82.5 Å². The molecular weight excluding hydrogens is 701 g/mol. The second-order valence-corrected chi connectivity index (χ2v) is 14.7. The summed E-state index contributed by atoms with van der Waals surface area (Å²) in [6.45, 7) is 0. The lowest BCUT2D eigenvalue weighted by Crippen LogP contribution is -2.45. The van der Waals surface area contributed by atoms with E-state index in [1.54, 1.807) is 0 Å². The van der Waals surface area contributed by atoms with Crippen molar-refractivity contribution in [2.24, 2.45) is 4.99 Å². The zero-order valence-corrected chi connectivity index (χ0v) is 30.7. The first kappa shape index (κ1) is 31.9. The molecule has 6 nitrogen and oxygen atoms in total. The van der Waals surface area contributed by atoms with E-state index >= 15 is 0 Å². The SMILES string of the molecule is c1ccc(C2N=C(c3cccc4c3oc3c(-c5ccc6c(c5)oc5c(-n7c8ccccc8c8ccccc87)cccc56)cccc34)NC(c3ccccc3)N2)cc1. The van der Waals surface area contributed by atoms with Gasteiger partial charge in [-0.2, -0.15) is 0 Å². The summed E-state index contributed by atoms with van der Waals surface area (Å²) in [5, 5.41) is 14.1. The van der Waals surface area contributed by atoms with Crippen molar-refractivity contribution in [2.75, 3.05) is 0 Å². The molecule has 3 aromatic heterocycles. The van der Waals surface area contributed by atoms with E-state index in [2.05, 4.69) is 185 Å². The highest BCUT2D eigenvalue weighted by atomic mass is 16.3. The maximum absolute atomic E-state index is 6.95. The van der Waals surface area contributed by atoms with Crippen molar-refractivity contribution in [3.63, 3.8) is 0 Å². The molecule has 8 aromatic carbocycles. The van der Waals surface area contributed by atoms with Gasteiger partial charge in [-0.25, -0.2) is 4.99 Å². The summed E-state index contributed by atoms with van der Waals surface area (Å²) in [5.74, 6) is 0.783. The maximum atomic E-state index is 6.95. The van der Waals surface area contributed by atoms with Gasteiger partial charge in [0.25, 0.3) is 0 Å². The Morgan fingerprint density at radius 1 is 0.456 bits per heavy atom. The Bertz CT molecular complexity index is 3320. The fourth-order valence-corrected chi connectivity index (χ4v) is 8.86. The minimum atomic E-state index is -0.242. The number of nitrogens with one attached hydrogen (secondary N) is 2. The van der Waals surface area contributed by atoms with Gasteiger partial charge in [-0.15, -0.1) is 0 Å². The summed E-state index contributed by atoms with van der Waals surface area (Å²) in [6.07, 6.45) is -0.390. The van der Waals surface area contributed by atoms with Gasteiger partial charge in [0.15, 0.2) is 5.58 Å². The van der Waals surface area contributed by atoms with E-state index in [0.717, 1.165) is 94.3 Å². The molecule has 0 saturated heterocycles. The fourth-order valence-electron chi connectivity index (χ4n) is 8.86. The highest BCUT2D eigenvalue weighted by Gasteiger charge is 2.27. The normalized spacial score (nSPS) is 15.9. The molecular formula is C51H34N4O2. The van der Waals surface area contributed by atoms with E-state index in [4.69, 9.17) is 13.8 Å². The molecule has 0 aliphatic carbocycles. The van der Waals surface area contributed by atoms with Crippen LogP contribution in [0.15, 0.2) is 196 Å². The van der Waals surface area contributed by atoms with Crippen LogP contribution < -0.4 is 10.6 Å². The molecule has 2 atom stereocenters. The minimum absolute atomic E-state index is 0.148. The van der Waals surface area contributed by atoms with Crippen LogP contribution in [0.4, 0.5) is 0 Å². The van der Waals surface area contributed by atoms with E-state index in [-0.39, 0.29) is 12.3 Å². The van der Waals surface area contributed by atoms with E-state index in [1.165, 1.54) is 10.8 Å². The molecule has 57 heavy (non-hydrogen) atoms. The topological polar surface area (TPSA) is 67.6 Å². The molecule has 1 aliphatic heterocycles. The number of para-hydroxylation sites is 5. The maximum Gasteiger partial charge on any atom is 0.159 e. The molecule has 0 radical (unpaired) electrons. The average Bonchev–Trinajstić information content (AvgIpc) is 3.96. The fraction of sp³-hybridized carbons (Fsp3) is 0.0392. The van der Waals surface area contributed by atoms with Crippen LogP contribution in [-0.2, 0) is 0 Å². The molecule has 0 fully saturated rings. The molecule has 12 rings (SSSR count). The summed E-state index contributed by atoms with van der Waals surface area (Å²) in [4.78, 5) is 5.23. The number of benzene rings is 8. The molecule has 6 heteroatoms. The first-order chi connectivity index (χ1) is 28.3. The third-order valence-corrected chi connectivity index (χ3v) is 11.5. The number of fused-ring (bicyclic) bond motifs is 9. The molecule has 0 spiro atoms. The number of rotatable bonds is 5. The van der Waals surface area contributed by atoms with Gasteiger partial charge in [0.2, 0.25) is 0 Å². The van der Waals surface area contributed by atoms with Crippen LogP contribution in [0.3, 0.4) is 0 Å². The molecule has 2 unspecified atom stereocenters. The first-order valence-electron chi connectivity index (χ1n) is 19.4. The lowest BCUT2D eigenvalue weighted by atomic mass is 10.0. The van der Waals surface area contributed by atoms with Gasteiger partial charge in [-0.05, 0) is 53.1 Å². The molecule has 2 N–H and O–H groups in total. The zero-order chi connectivity index (χ0) is 37.5. The van der Waals surface area contributed by atoms with Crippen LogP contribution in [-0.4, -0.2) is 10.4 Å². The number of furan rings is 2.